The van der Waals surface area contributed by atoms with Crippen LogP contribution in [0.4, 0.5) is 5.69 Å². The number of hydrogen-bond acceptors (Lipinski definition) is 2. The number of hydrogen-bond donors (Lipinski definition) is 2. The smallest absolute Gasteiger partial charge is 0.135 e. The fourth-order valence-electron chi connectivity index (χ4n) is 1.37. The maximum atomic E-state index is 5.80. The molecule has 0 heterocycles. The van der Waals surface area contributed by atoms with E-state index in [2.05, 4.69) is 17.9 Å². The maximum absolute atomic E-state index is 5.80. The van der Waals surface area contributed by atoms with E-state index >= 15 is 0 Å². The monoisotopic (exact) mass is 295 g/mol. The summed E-state index contributed by atoms with van der Waals surface area (Å²) in [5, 5.41) is 3.61. The van der Waals surface area contributed by atoms with E-state index in [1.807, 2.05) is 36.4 Å². The SMILES string of the molecule is S=C(S)Nc1ccc(Oc2ccc(Cl)cc2)cc1. The van der Waals surface area contributed by atoms with Crippen molar-refractivity contribution in [2.75, 3.05) is 5.32 Å². The van der Waals surface area contributed by atoms with Crippen molar-refractivity contribution in [2.45, 2.75) is 0 Å². The van der Waals surface area contributed by atoms with Gasteiger partial charge in [-0.05, 0) is 48.5 Å². The van der Waals surface area contributed by atoms with Crippen LogP contribution < -0.4 is 10.1 Å². The molecule has 92 valence electrons. The van der Waals surface area contributed by atoms with Crippen LogP contribution in [0, 0.1) is 0 Å². The van der Waals surface area contributed by atoms with E-state index in [1.165, 1.54) is 0 Å². The molecular weight excluding hydrogens is 286 g/mol. The highest BCUT2D eigenvalue weighted by Crippen LogP contribution is 2.24. The summed E-state index contributed by atoms with van der Waals surface area (Å²) in [4.78, 5) is 0. The second-order valence-corrected chi connectivity index (χ2v) is 5.10. The highest BCUT2D eigenvalue weighted by molar-refractivity contribution is 8.11. The number of thiocarbonyl (C=S) groups is 1. The summed E-state index contributed by atoms with van der Waals surface area (Å²) in [5.41, 5.74) is 0.874. The molecule has 2 aromatic rings. The van der Waals surface area contributed by atoms with E-state index in [-0.39, 0.29) is 0 Å². The van der Waals surface area contributed by atoms with Crippen molar-refractivity contribution < 1.29 is 4.74 Å². The van der Waals surface area contributed by atoms with Crippen LogP contribution in [0.5, 0.6) is 11.5 Å². The Hall–Kier alpha value is -1.23. The molecule has 0 aliphatic carbocycles. The molecule has 0 atom stereocenters. The molecule has 0 aliphatic heterocycles. The van der Waals surface area contributed by atoms with Crippen molar-refractivity contribution in [3.63, 3.8) is 0 Å². The molecular formula is C13H10ClNOS2. The van der Waals surface area contributed by atoms with Gasteiger partial charge < -0.3 is 10.1 Å². The van der Waals surface area contributed by atoms with Gasteiger partial charge in [-0.3, -0.25) is 0 Å². The van der Waals surface area contributed by atoms with Gasteiger partial charge in [0.1, 0.15) is 15.8 Å². The van der Waals surface area contributed by atoms with E-state index in [4.69, 9.17) is 28.6 Å². The van der Waals surface area contributed by atoms with Crippen molar-refractivity contribution in [2.24, 2.45) is 0 Å². The quantitative estimate of drug-likeness (QED) is 0.630. The van der Waals surface area contributed by atoms with E-state index in [0.717, 1.165) is 17.2 Å². The summed E-state index contributed by atoms with van der Waals surface area (Å²) < 4.78 is 6.09. The normalized spacial score (nSPS) is 9.89. The molecule has 2 rings (SSSR count). The van der Waals surface area contributed by atoms with Gasteiger partial charge in [0.15, 0.2) is 0 Å². The summed E-state index contributed by atoms with van der Waals surface area (Å²) in [6.07, 6.45) is 0. The average Bonchev–Trinajstić information content (AvgIpc) is 2.34. The van der Waals surface area contributed by atoms with Crippen LogP contribution in [0.3, 0.4) is 0 Å². The zero-order valence-electron chi connectivity index (χ0n) is 9.26. The summed E-state index contributed by atoms with van der Waals surface area (Å²) in [6, 6.07) is 14.6. The highest BCUT2D eigenvalue weighted by atomic mass is 35.5. The van der Waals surface area contributed by atoms with Gasteiger partial charge in [-0.2, -0.15) is 0 Å². The Bertz CT molecular complexity index is 540. The third kappa shape index (κ3) is 3.91. The molecule has 1 N–H and O–H groups in total. The molecule has 0 unspecified atom stereocenters. The summed E-state index contributed by atoms with van der Waals surface area (Å²) >= 11 is 14.6. The predicted molar refractivity (Wildman–Crippen MR) is 83.2 cm³/mol. The molecule has 0 saturated heterocycles. The summed E-state index contributed by atoms with van der Waals surface area (Å²) in [5.74, 6) is 1.48. The number of rotatable bonds is 3. The van der Waals surface area contributed by atoms with Crippen LogP contribution in [-0.2, 0) is 0 Å². The number of benzene rings is 2. The first-order valence-corrected chi connectivity index (χ1v) is 6.40. The second-order valence-electron chi connectivity index (χ2n) is 3.51. The van der Waals surface area contributed by atoms with Gasteiger partial charge in [-0.1, -0.05) is 23.8 Å². The van der Waals surface area contributed by atoms with Crippen LogP contribution in [0.25, 0.3) is 0 Å². The van der Waals surface area contributed by atoms with Gasteiger partial charge in [0.2, 0.25) is 0 Å². The Kier molecular flexibility index (Phi) is 4.47. The van der Waals surface area contributed by atoms with Gasteiger partial charge >= 0.3 is 0 Å². The largest absolute Gasteiger partial charge is 0.457 e. The third-order valence-corrected chi connectivity index (χ3v) is 2.62. The Labute approximate surface area is 121 Å². The van der Waals surface area contributed by atoms with Crippen molar-refractivity contribution >= 4 is 46.5 Å². The summed E-state index contributed by atoms with van der Waals surface area (Å²) in [7, 11) is 0. The molecule has 2 aromatic carbocycles. The van der Waals surface area contributed by atoms with Crippen LogP contribution in [0.2, 0.25) is 5.02 Å². The van der Waals surface area contributed by atoms with Crippen LogP contribution in [-0.4, -0.2) is 4.32 Å². The van der Waals surface area contributed by atoms with Crippen LogP contribution in [0.15, 0.2) is 48.5 Å². The minimum Gasteiger partial charge on any atom is -0.457 e. The van der Waals surface area contributed by atoms with E-state index < -0.39 is 0 Å². The molecule has 0 aromatic heterocycles. The lowest BCUT2D eigenvalue weighted by Gasteiger charge is -2.07. The number of nitrogens with one attached hydrogen (secondary N) is 1. The van der Waals surface area contributed by atoms with Crippen molar-refractivity contribution in [3.8, 4) is 11.5 Å². The number of ether oxygens (including phenoxy) is 1. The predicted octanol–water partition coefficient (Wildman–Crippen LogP) is 4.76. The van der Waals surface area contributed by atoms with E-state index in [1.54, 1.807) is 12.1 Å². The second kappa shape index (κ2) is 6.09. The Balaban J connectivity index is 2.06. The Morgan fingerprint density at radius 3 is 2.00 bits per heavy atom. The van der Waals surface area contributed by atoms with Crippen LogP contribution >= 0.6 is 36.4 Å². The van der Waals surface area contributed by atoms with Crippen molar-refractivity contribution in [1.82, 2.24) is 0 Å². The molecule has 0 aliphatic rings. The first kappa shape index (κ1) is 13.2. The Morgan fingerprint density at radius 1 is 1.00 bits per heavy atom. The molecule has 0 bridgehead atoms. The highest BCUT2D eigenvalue weighted by Gasteiger charge is 1.98. The first-order chi connectivity index (χ1) is 8.63. The van der Waals surface area contributed by atoms with Crippen molar-refractivity contribution in [3.05, 3.63) is 53.6 Å². The molecule has 0 radical (unpaired) electrons. The molecule has 5 heteroatoms. The molecule has 2 nitrogen and oxygen atoms in total. The zero-order valence-corrected chi connectivity index (χ0v) is 11.7. The molecule has 0 fully saturated rings. The summed E-state index contributed by atoms with van der Waals surface area (Å²) in [6.45, 7) is 0. The van der Waals surface area contributed by atoms with Crippen LogP contribution in [0.1, 0.15) is 0 Å². The minimum absolute atomic E-state index is 0.432. The molecule has 0 amide bonds. The number of anilines is 1. The van der Waals surface area contributed by atoms with Gasteiger partial charge in [-0.15, -0.1) is 12.6 Å². The fourth-order valence-corrected chi connectivity index (χ4v) is 1.74. The lowest BCUT2D eigenvalue weighted by Crippen LogP contribution is -2.00. The molecule has 0 saturated carbocycles. The van der Waals surface area contributed by atoms with Gasteiger partial charge in [0.25, 0.3) is 0 Å². The Morgan fingerprint density at radius 2 is 1.50 bits per heavy atom. The lowest BCUT2D eigenvalue weighted by molar-refractivity contribution is 0.483. The van der Waals surface area contributed by atoms with E-state index in [0.29, 0.717) is 9.34 Å². The lowest BCUT2D eigenvalue weighted by atomic mass is 10.3. The van der Waals surface area contributed by atoms with Gasteiger partial charge in [-0.25, -0.2) is 0 Å². The average molecular weight is 296 g/mol. The van der Waals surface area contributed by atoms with Crippen molar-refractivity contribution in [1.29, 1.82) is 0 Å². The van der Waals surface area contributed by atoms with Gasteiger partial charge in [0.05, 0.1) is 0 Å². The minimum atomic E-state index is 0.432. The number of halogens is 1. The zero-order chi connectivity index (χ0) is 13.0. The fraction of sp³-hybridized carbons (Fsp3) is 0. The van der Waals surface area contributed by atoms with E-state index in [9.17, 15) is 0 Å². The first-order valence-electron chi connectivity index (χ1n) is 5.17. The maximum Gasteiger partial charge on any atom is 0.135 e. The molecule has 0 spiro atoms. The standard InChI is InChI=1S/C13H10ClNOS2/c14-9-1-5-11(6-2-9)16-12-7-3-10(4-8-12)15-13(17)18/h1-8H,(H2,15,17,18). The third-order valence-electron chi connectivity index (χ3n) is 2.15. The van der Waals surface area contributed by atoms with Gasteiger partial charge in [0, 0.05) is 10.7 Å². The topological polar surface area (TPSA) is 21.3 Å². The molecule has 18 heavy (non-hydrogen) atoms. The number of thiol groups is 1.